The van der Waals surface area contributed by atoms with Crippen LogP contribution in [-0.2, 0) is 0 Å². The summed E-state index contributed by atoms with van der Waals surface area (Å²) in [7, 11) is 0. The van der Waals surface area contributed by atoms with Crippen molar-refractivity contribution in [3.63, 3.8) is 0 Å². The molecule has 0 bridgehead atoms. The topological polar surface area (TPSA) is 38.0 Å². The standard InChI is InChI=1S/C12H26N2/c1-11(2)10-14-9-8-12(13)6-4-3-5-7-12/h11,14H,3-10,13H2,1-2H3. The average molecular weight is 198 g/mol. The van der Waals surface area contributed by atoms with Gasteiger partial charge in [0.25, 0.3) is 0 Å². The van der Waals surface area contributed by atoms with Crippen molar-refractivity contribution in [3.8, 4) is 0 Å². The van der Waals surface area contributed by atoms with Crippen LogP contribution in [0.2, 0.25) is 0 Å². The predicted molar refractivity (Wildman–Crippen MR) is 62.3 cm³/mol. The van der Waals surface area contributed by atoms with Gasteiger partial charge in [0, 0.05) is 5.54 Å². The van der Waals surface area contributed by atoms with Crippen LogP contribution in [0.4, 0.5) is 0 Å². The van der Waals surface area contributed by atoms with Crippen molar-refractivity contribution in [2.45, 2.75) is 57.9 Å². The first-order valence-corrected chi connectivity index (χ1v) is 6.12. The van der Waals surface area contributed by atoms with Gasteiger partial charge < -0.3 is 11.1 Å². The van der Waals surface area contributed by atoms with Gasteiger partial charge in [-0.25, -0.2) is 0 Å². The van der Waals surface area contributed by atoms with Crippen LogP contribution in [0.15, 0.2) is 0 Å². The normalized spacial score (nSPS) is 21.4. The van der Waals surface area contributed by atoms with E-state index >= 15 is 0 Å². The Kier molecular flexibility index (Phi) is 4.90. The second-order valence-electron chi connectivity index (χ2n) is 5.27. The predicted octanol–water partition coefficient (Wildman–Crippen LogP) is 2.28. The smallest absolute Gasteiger partial charge is 0.0166 e. The second-order valence-corrected chi connectivity index (χ2v) is 5.27. The molecule has 0 aromatic heterocycles. The Hall–Kier alpha value is -0.0800. The van der Waals surface area contributed by atoms with Crippen molar-refractivity contribution in [1.82, 2.24) is 5.32 Å². The summed E-state index contributed by atoms with van der Waals surface area (Å²) >= 11 is 0. The highest BCUT2D eigenvalue weighted by atomic mass is 14.9. The molecule has 3 N–H and O–H groups in total. The van der Waals surface area contributed by atoms with Gasteiger partial charge in [-0.1, -0.05) is 33.1 Å². The van der Waals surface area contributed by atoms with Crippen LogP contribution in [-0.4, -0.2) is 18.6 Å². The maximum Gasteiger partial charge on any atom is 0.0166 e. The lowest BCUT2D eigenvalue weighted by molar-refractivity contribution is 0.273. The van der Waals surface area contributed by atoms with E-state index in [2.05, 4.69) is 19.2 Å². The molecule has 1 fully saturated rings. The number of hydrogen-bond acceptors (Lipinski definition) is 2. The van der Waals surface area contributed by atoms with E-state index in [4.69, 9.17) is 5.73 Å². The highest BCUT2D eigenvalue weighted by molar-refractivity contribution is 4.87. The fraction of sp³-hybridized carbons (Fsp3) is 1.00. The highest BCUT2D eigenvalue weighted by Crippen LogP contribution is 2.28. The Labute approximate surface area is 88.6 Å². The second kappa shape index (κ2) is 5.72. The van der Waals surface area contributed by atoms with Crippen LogP contribution in [0.25, 0.3) is 0 Å². The van der Waals surface area contributed by atoms with E-state index in [1.807, 2.05) is 0 Å². The summed E-state index contributed by atoms with van der Waals surface area (Å²) in [6.45, 7) is 6.70. The van der Waals surface area contributed by atoms with Crippen molar-refractivity contribution in [2.75, 3.05) is 13.1 Å². The van der Waals surface area contributed by atoms with E-state index in [1.54, 1.807) is 0 Å². The van der Waals surface area contributed by atoms with Gasteiger partial charge in [0.2, 0.25) is 0 Å². The maximum absolute atomic E-state index is 6.34. The van der Waals surface area contributed by atoms with E-state index in [-0.39, 0.29) is 5.54 Å². The molecule has 0 aromatic carbocycles. The third-order valence-corrected chi connectivity index (χ3v) is 3.20. The minimum Gasteiger partial charge on any atom is -0.325 e. The summed E-state index contributed by atoms with van der Waals surface area (Å²) in [5, 5.41) is 3.48. The van der Waals surface area contributed by atoms with Crippen LogP contribution < -0.4 is 11.1 Å². The van der Waals surface area contributed by atoms with Gasteiger partial charge >= 0.3 is 0 Å². The fourth-order valence-electron chi connectivity index (χ4n) is 2.23. The lowest BCUT2D eigenvalue weighted by Gasteiger charge is -2.33. The molecule has 0 unspecified atom stereocenters. The van der Waals surface area contributed by atoms with Crippen molar-refractivity contribution in [2.24, 2.45) is 11.7 Å². The summed E-state index contributed by atoms with van der Waals surface area (Å²) in [6, 6.07) is 0. The van der Waals surface area contributed by atoms with E-state index in [0.29, 0.717) is 0 Å². The molecule has 0 radical (unpaired) electrons. The average Bonchev–Trinajstić information content (AvgIpc) is 2.14. The van der Waals surface area contributed by atoms with Gasteiger partial charge in [0.05, 0.1) is 0 Å². The van der Waals surface area contributed by atoms with Gasteiger partial charge in [-0.3, -0.25) is 0 Å². The largest absolute Gasteiger partial charge is 0.325 e. The van der Waals surface area contributed by atoms with Gasteiger partial charge in [0.1, 0.15) is 0 Å². The molecule has 1 aliphatic carbocycles. The van der Waals surface area contributed by atoms with E-state index in [1.165, 1.54) is 32.1 Å². The van der Waals surface area contributed by atoms with Crippen LogP contribution >= 0.6 is 0 Å². The summed E-state index contributed by atoms with van der Waals surface area (Å²) in [5.74, 6) is 0.745. The molecule has 1 saturated carbocycles. The number of nitrogens with two attached hydrogens (primary N) is 1. The first-order valence-electron chi connectivity index (χ1n) is 6.12. The Morgan fingerprint density at radius 2 is 1.86 bits per heavy atom. The quantitative estimate of drug-likeness (QED) is 0.665. The monoisotopic (exact) mass is 198 g/mol. The first-order chi connectivity index (χ1) is 6.62. The SMILES string of the molecule is CC(C)CNCCC1(N)CCCCC1. The maximum atomic E-state index is 6.34. The molecule has 0 aliphatic heterocycles. The zero-order valence-electron chi connectivity index (χ0n) is 9.81. The molecule has 0 atom stereocenters. The molecule has 0 saturated heterocycles. The Bertz CT molecular complexity index is 148. The van der Waals surface area contributed by atoms with Crippen molar-refractivity contribution >= 4 is 0 Å². The van der Waals surface area contributed by atoms with Gasteiger partial charge in [0.15, 0.2) is 0 Å². The van der Waals surface area contributed by atoms with E-state index in [9.17, 15) is 0 Å². The van der Waals surface area contributed by atoms with Crippen LogP contribution in [0.1, 0.15) is 52.4 Å². The molecule has 2 nitrogen and oxygen atoms in total. The number of hydrogen-bond donors (Lipinski definition) is 2. The Morgan fingerprint density at radius 3 is 2.43 bits per heavy atom. The molecule has 84 valence electrons. The highest BCUT2D eigenvalue weighted by Gasteiger charge is 2.26. The number of nitrogens with one attached hydrogen (secondary N) is 1. The third kappa shape index (κ3) is 4.43. The molecule has 0 aromatic rings. The van der Waals surface area contributed by atoms with E-state index in [0.717, 1.165) is 25.4 Å². The third-order valence-electron chi connectivity index (χ3n) is 3.20. The van der Waals surface area contributed by atoms with Crippen molar-refractivity contribution < 1.29 is 0 Å². The van der Waals surface area contributed by atoms with Gasteiger partial charge in [-0.15, -0.1) is 0 Å². The molecular weight excluding hydrogens is 172 g/mol. The summed E-state index contributed by atoms with van der Waals surface area (Å²) < 4.78 is 0. The molecular formula is C12H26N2. The van der Waals surface area contributed by atoms with Crippen LogP contribution in [0, 0.1) is 5.92 Å². The van der Waals surface area contributed by atoms with Crippen LogP contribution in [0.5, 0.6) is 0 Å². The molecule has 2 heteroatoms. The number of rotatable bonds is 5. The Balaban J connectivity index is 2.09. The first kappa shape index (κ1) is 12.0. The minimum absolute atomic E-state index is 0.155. The summed E-state index contributed by atoms with van der Waals surface area (Å²) in [6.07, 6.45) is 7.67. The minimum atomic E-state index is 0.155. The van der Waals surface area contributed by atoms with Crippen molar-refractivity contribution in [1.29, 1.82) is 0 Å². The lowest BCUT2D eigenvalue weighted by Crippen LogP contribution is -2.44. The molecule has 1 rings (SSSR count). The Morgan fingerprint density at radius 1 is 1.21 bits per heavy atom. The van der Waals surface area contributed by atoms with E-state index < -0.39 is 0 Å². The van der Waals surface area contributed by atoms with Crippen LogP contribution in [0.3, 0.4) is 0 Å². The molecule has 0 heterocycles. The zero-order valence-corrected chi connectivity index (χ0v) is 9.81. The van der Waals surface area contributed by atoms with Gasteiger partial charge in [-0.2, -0.15) is 0 Å². The lowest BCUT2D eigenvalue weighted by atomic mass is 9.80. The fourth-order valence-corrected chi connectivity index (χ4v) is 2.23. The van der Waals surface area contributed by atoms with Gasteiger partial charge in [-0.05, 0) is 38.3 Å². The summed E-state index contributed by atoms with van der Waals surface area (Å²) in [4.78, 5) is 0. The van der Waals surface area contributed by atoms with Crippen molar-refractivity contribution in [3.05, 3.63) is 0 Å². The summed E-state index contributed by atoms with van der Waals surface area (Å²) in [5.41, 5.74) is 6.49. The molecule has 14 heavy (non-hydrogen) atoms. The molecule has 0 spiro atoms. The molecule has 1 aliphatic rings. The molecule has 0 amide bonds. The zero-order chi connectivity index (χ0) is 10.4.